The van der Waals surface area contributed by atoms with Crippen molar-refractivity contribution < 1.29 is 14.3 Å². The molecule has 0 bridgehead atoms. The van der Waals surface area contributed by atoms with Gasteiger partial charge in [-0.15, -0.1) is 0 Å². The molecule has 8 nitrogen and oxygen atoms in total. The number of pyridine rings is 1. The maximum absolute atomic E-state index is 13.3. The van der Waals surface area contributed by atoms with E-state index in [2.05, 4.69) is 11.4 Å². The fourth-order valence-corrected chi connectivity index (χ4v) is 5.11. The first-order chi connectivity index (χ1) is 17.4. The Hall–Kier alpha value is -3.13. The molecule has 1 aromatic heterocycles. The number of nitriles is 1. The normalized spacial score (nSPS) is 14.4. The first-order valence-electron chi connectivity index (χ1n) is 11.6. The van der Waals surface area contributed by atoms with Gasteiger partial charge in [0.2, 0.25) is 0 Å². The predicted molar refractivity (Wildman–Crippen MR) is 147 cm³/mol. The van der Waals surface area contributed by atoms with E-state index in [9.17, 15) is 14.9 Å². The number of nitrogens with zero attached hydrogens (tertiary/aromatic N) is 3. The van der Waals surface area contributed by atoms with Crippen LogP contribution in [0.3, 0.4) is 0 Å². The molecule has 0 unspecified atom stereocenters. The molecule has 190 valence electrons. The van der Waals surface area contributed by atoms with Gasteiger partial charge in [-0.25, -0.2) is 0 Å². The van der Waals surface area contributed by atoms with Crippen molar-refractivity contribution in [2.45, 2.75) is 39.8 Å². The van der Waals surface area contributed by atoms with Crippen LogP contribution < -0.4 is 15.6 Å². The number of ether oxygens (including phenoxy) is 2. The van der Waals surface area contributed by atoms with Crippen molar-refractivity contribution in [1.82, 2.24) is 9.47 Å². The van der Waals surface area contributed by atoms with E-state index in [4.69, 9.17) is 21.7 Å². The summed E-state index contributed by atoms with van der Waals surface area (Å²) in [6, 6.07) is 9.70. The van der Waals surface area contributed by atoms with Crippen LogP contribution in [-0.2, 0) is 22.6 Å². The van der Waals surface area contributed by atoms with Gasteiger partial charge in [-0.05, 0) is 42.7 Å². The molecule has 0 aliphatic carbocycles. The first kappa shape index (κ1) is 27.5. The van der Waals surface area contributed by atoms with Crippen LogP contribution >= 0.6 is 24.0 Å². The zero-order valence-corrected chi connectivity index (χ0v) is 22.6. The predicted octanol–water partition coefficient (Wildman–Crippen LogP) is 4.30. The number of anilines is 1. The van der Waals surface area contributed by atoms with Crippen molar-refractivity contribution in [1.29, 1.82) is 5.26 Å². The minimum Gasteiger partial charge on any atom is -0.497 e. The van der Waals surface area contributed by atoms with Gasteiger partial charge in [-0.3, -0.25) is 19.1 Å². The summed E-state index contributed by atoms with van der Waals surface area (Å²) in [5, 5.41) is 13.2. The molecule has 36 heavy (non-hydrogen) atoms. The number of unbranched alkanes of at least 4 members (excludes halogenated alkanes) is 1. The van der Waals surface area contributed by atoms with Crippen molar-refractivity contribution in [3.63, 3.8) is 0 Å². The van der Waals surface area contributed by atoms with Gasteiger partial charge in [0, 0.05) is 25.8 Å². The molecule has 2 heterocycles. The smallest absolute Gasteiger partial charge is 0.270 e. The largest absolute Gasteiger partial charge is 0.497 e. The van der Waals surface area contributed by atoms with E-state index >= 15 is 0 Å². The number of hydrogen-bond donors (Lipinski definition) is 1. The highest BCUT2D eigenvalue weighted by Crippen LogP contribution is 2.35. The van der Waals surface area contributed by atoms with Crippen molar-refractivity contribution in [2.75, 3.05) is 32.7 Å². The molecular formula is C26H30N4O4S2. The van der Waals surface area contributed by atoms with Crippen LogP contribution in [0.1, 0.15) is 42.0 Å². The second kappa shape index (κ2) is 12.7. The van der Waals surface area contributed by atoms with Crippen molar-refractivity contribution >= 4 is 46.1 Å². The summed E-state index contributed by atoms with van der Waals surface area (Å²) in [4.78, 5) is 28.3. The molecule has 0 radical (unpaired) electrons. The van der Waals surface area contributed by atoms with E-state index in [1.54, 1.807) is 31.8 Å². The second-order valence-corrected chi connectivity index (χ2v) is 9.89. The summed E-state index contributed by atoms with van der Waals surface area (Å²) < 4.78 is 12.4. The highest BCUT2D eigenvalue weighted by molar-refractivity contribution is 8.26. The van der Waals surface area contributed by atoms with Crippen LogP contribution in [0.2, 0.25) is 0 Å². The van der Waals surface area contributed by atoms with Crippen molar-refractivity contribution in [2.24, 2.45) is 0 Å². The van der Waals surface area contributed by atoms with Crippen LogP contribution in [-0.4, -0.2) is 47.1 Å². The summed E-state index contributed by atoms with van der Waals surface area (Å²) in [7, 11) is 3.18. The molecule has 10 heteroatoms. The SMILES string of the molecule is CCCCn1c(NCc2ccc(OC)cc2)c(/C=C2/SC(=S)N(CCOC)C2=O)c(C)c(C#N)c1=O. The number of benzene rings is 1. The molecule has 1 N–H and O–H groups in total. The number of methoxy groups -OCH3 is 2. The Bertz CT molecular complexity index is 1260. The van der Waals surface area contributed by atoms with E-state index in [0.29, 0.717) is 52.4 Å². The molecule has 1 amide bonds. The van der Waals surface area contributed by atoms with E-state index in [-0.39, 0.29) is 17.0 Å². The van der Waals surface area contributed by atoms with E-state index in [0.717, 1.165) is 24.2 Å². The molecule has 1 saturated heterocycles. The summed E-state index contributed by atoms with van der Waals surface area (Å²) in [5.74, 6) is 1.11. The van der Waals surface area contributed by atoms with Gasteiger partial charge in [0.15, 0.2) is 0 Å². The summed E-state index contributed by atoms with van der Waals surface area (Å²) in [6.45, 7) is 5.40. The van der Waals surface area contributed by atoms with Crippen LogP contribution in [0.5, 0.6) is 5.75 Å². The average Bonchev–Trinajstić information content (AvgIpc) is 3.15. The molecule has 1 aromatic carbocycles. The third kappa shape index (κ3) is 5.98. The zero-order chi connectivity index (χ0) is 26.2. The Morgan fingerprint density at radius 2 is 1.92 bits per heavy atom. The Morgan fingerprint density at radius 1 is 1.19 bits per heavy atom. The molecule has 1 aliphatic heterocycles. The number of nitrogens with one attached hydrogen (secondary N) is 1. The molecule has 0 spiro atoms. The molecule has 1 fully saturated rings. The number of hydrogen-bond acceptors (Lipinski definition) is 8. The molecule has 3 rings (SSSR count). The van der Waals surface area contributed by atoms with E-state index in [1.807, 2.05) is 31.2 Å². The van der Waals surface area contributed by atoms with Gasteiger partial charge in [-0.1, -0.05) is 49.5 Å². The second-order valence-electron chi connectivity index (χ2n) is 8.21. The minimum absolute atomic E-state index is 0.0715. The lowest BCUT2D eigenvalue weighted by Crippen LogP contribution is -2.31. The number of carbonyl (C=O) groups is 1. The van der Waals surface area contributed by atoms with Crippen LogP contribution in [0.25, 0.3) is 6.08 Å². The van der Waals surface area contributed by atoms with E-state index in [1.165, 1.54) is 16.7 Å². The lowest BCUT2D eigenvalue weighted by atomic mass is 10.0. The van der Waals surface area contributed by atoms with Gasteiger partial charge >= 0.3 is 0 Å². The maximum atomic E-state index is 13.3. The number of carbonyl (C=O) groups excluding carboxylic acids is 1. The van der Waals surface area contributed by atoms with E-state index < -0.39 is 0 Å². The Morgan fingerprint density at radius 3 is 2.53 bits per heavy atom. The third-order valence-electron chi connectivity index (χ3n) is 5.90. The molecule has 2 aromatic rings. The Labute approximate surface area is 220 Å². The molecule has 0 atom stereocenters. The summed E-state index contributed by atoms with van der Waals surface area (Å²) >= 11 is 6.62. The summed E-state index contributed by atoms with van der Waals surface area (Å²) in [6.07, 6.45) is 3.39. The van der Waals surface area contributed by atoms with Gasteiger partial charge in [-0.2, -0.15) is 5.26 Å². The number of amides is 1. The zero-order valence-electron chi connectivity index (χ0n) is 20.9. The topological polar surface area (TPSA) is 96.6 Å². The lowest BCUT2D eigenvalue weighted by Gasteiger charge is -2.20. The van der Waals surface area contributed by atoms with Gasteiger partial charge < -0.3 is 14.8 Å². The fourth-order valence-electron chi connectivity index (χ4n) is 3.82. The maximum Gasteiger partial charge on any atom is 0.270 e. The van der Waals surface area contributed by atoms with Gasteiger partial charge in [0.25, 0.3) is 11.5 Å². The lowest BCUT2D eigenvalue weighted by molar-refractivity contribution is -0.122. The average molecular weight is 527 g/mol. The number of rotatable bonds is 11. The van der Waals surface area contributed by atoms with Gasteiger partial charge in [0.05, 0.1) is 25.2 Å². The number of thioether (sulfide) groups is 1. The monoisotopic (exact) mass is 526 g/mol. The number of thiocarbonyl (C=S) groups is 1. The highest BCUT2D eigenvalue weighted by Gasteiger charge is 2.32. The highest BCUT2D eigenvalue weighted by atomic mass is 32.2. The van der Waals surface area contributed by atoms with Crippen molar-refractivity contribution in [3.8, 4) is 11.8 Å². The third-order valence-corrected chi connectivity index (χ3v) is 7.27. The minimum atomic E-state index is -0.342. The number of aromatic nitrogens is 1. The van der Waals surface area contributed by atoms with Crippen LogP contribution in [0.15, 0.2) is 34.0 Å². The van der Waals surface area contributed by atoms with Crippen LogP contribution in [0.4, 0.5) is 5.82 Å². The Balaban J connectivity index is 2.10. The molecule has 1 aliphatic rings. The fraction of sp³-hybridized carbons (Fsp3) is 0.385. The van der Waals surface area contributed by atoms with Crippen molar-refractivity contribution in [3.05, 3.63) is 61.8 Å². The van der Waals surface area contributed by atoms with Gasteiger partial charge in [0.1, 0.15) is 27.5 Å². The standard InChI is InChI=1S/C26H30N4O4S2/c1-5-6-11-29-23(28-16-18-7-9-19(34-4)10-8-18)20(17(2)21(15-27)24(29)31)14-22-25(32)30(12-13-33-3)26(35)36-22/h7-10,14,28H,5-6,11-13,16H2,1-4H3/b22-14+. The molecular weight excluding hydrogens is 496 g/mol. The Kier molecular flexibility index (Phi) is 9.70. The summed E-state index contributed by atoms with van der Waals surface area (Å²) in [5.41, 5.74) is 1.87. The quantitative estimate of drug-likeness (QED) is 0.342. The first-order valence-corrected chi connectivity index (χ1v) is 12.9. The van der Waals surface area contributed by atoms with Crippen LogP contribution in [0, 0.1) is 18.3 Å². The molecule has 0 saturated carbocycles.